The molecule has 1 N–H and O–H groups in total. The van der Waals surface area contributed by atoms with E-state index in [4.69, 9.17) is 11.6 Å². The van der Waals surface area contributed by atoms with Crippen LogP contribution in [0.4, 0.5) is 0 Å². The van der Waals surface area contributed by atoms with Crippen LogP contribution in [0.25, 0.3) is 22.0 Å². The van der Waals surface area contributed by atoms with Crippen LogP contribution in [0.2, 0.25) is 5.02 Å². The Morgan fingerprint density at radius 2 is 1.85 bits per heavy atom. The Hall–Kier alpha value is -2.39. The van der Waals surface area contributed by atoms with Gasteiger partial charge in [-0.25, -0.2) is 9.78 Å². The molecular formula is C16H10ClNO2. The van der Waals surface area contributed by atoms with Crippen LogP contribution >= 0.6 is 11.6 Å². The molecule has 0 amide bonds. The van der Waals surface area contributed by atoms with Crippen molar-refractivity contribution in [3.63, 3.8) is 0 Å². The Morgan fingerprint density at radius 1 is 1.05 bits per heavy atom. The third-order valence-electron chi connectivity index (χ3n) is 3.06. The maximum atomic E-state index is 11.2. The zero-order valence-electron chi connectivity index (χ0n) is 10.4. The standard InChI is InChI=1S/C16H10ClNO2/c17-12-6-3-5-11(8-12)15-13-7-2-1-4-10(13)9-14(18-15)16(19)20/h1-9H,(H,19,20). The Labute approximate surface area is 120 Å². The monoisotopic (exact) mass is 283 g/mol. The first-order valence-corrected chi connectivity index (χ1v) is 6.42. The summed E-state index contributed by atoms with van der Waals surface area (Å²) < 4.78 is 0. The molecule has 0 spiro atoms. The van der Waals surface area contributed by atoms with Crippen molar-refractivity contribution in [2.24, 2.45) is 0 Å². The number of aromatic nitrogens is 1. The molecule has 0 fully saturated rings. The van der Waals surface area contributed by atoms with Crippen molar-refractivity contribution >= 4 is 28.3 Å². The summed E-state index contributed by atoms with van der Waals surface area (Å²) in [6, 6.07) is 16.4. The van der Waals surface area contributed by atoms with E-state index in [-0.39, 0.29) is 5.69 Å². The summed E-state index contributed by atoms with van der Waals surface area (Å²) in [5, 5.41) is 11.5. The van der Waals surface area contributed by atoms with E-state index >= 15 is 0 Å². The first kappa shape index (κ1) is 12.6. The Morgan fingerprint density at radius 3 is 2.60 bits per heavy atom. The van der Waals surface area contributed by atoms with Gasteiger partial charge < -0.3 is 5.11 Å². The highest BCUT2D eigenvalue weighted by Gasteiger charge is 2.12. The highest BCUT2D eigenvalue weighted by Crippen LogP contribution is 2.29. The minimum absolute atomic E-state index is 0.0266. The number of halogens is 1. The number of nitrogens with zero attached hydrogens (tertiary/aromatic N) is 1. The van der Waals surface area contributed by atoms with Crippen LogP contribution in [0, 0.1) is 0 Å². The highest BCUT2D eigenvalue weighted by molar-refractivity contribution is 6.30. The van der Waals surface area contributed by atoms with Gasteiger partial charge in [-0.05, 0) is 23.6 Å². The van der Waals surface area contributed by atoms with E-state index in [2.05, 4.69) is 4.98 Å². The van der Waals surface area contributed by atoms with E-state index in [1.54, 1.807) is 18.2 Å². The average molecular weight is 284 g/mol. The summed E-state index contributed by atoms with van der Waals surface area (Å²) >= 11 is 6.00. The number of rotatable bonds is 2. The van der Waals surface area contributed by atoms with Crippen LogP contribution in [-0.4, -0.2) is 16.1 Å². The summed E-state index contributed by atoms with van der Waals surface area (Å²) in [4.78, 5) is 15.5. The fourth-order valence-corrected chi connectivity index (χ4v) is 2.35. The molecule has 0 saturated heterocycles. The average Bonchev–Trinajstić information content (AvgIpc) is 2.46. The molecule has 0 unspecified atom stereocenters. The molecule has 0 aliphatic rings. The van der Waals surface area contributed by atoms with Gasteiger partial charge in [0, 0.05) is 16.0 Å². The first-order chi connectivity index (χ1) is 9.65. The number of hydrogen-bond acceptors (Lipinski definition) is 2. The van der Waals surface area contributed by atoms with Crippen LogP contribution in [0.3, 0.4) is 0 Å². The van der Waals surface area contributed by atoms with Crippen molar-refractivity contribution in [3.8, 4) is 11.3 Å². The molecule has 3 aromatic rings. The van der Waals surface area contributed by atoms with E-state index in [9.17, 15) is 9.90 Å². The van der Waals surface area contributed by atoms with Crippen molar-refractivity contribution in [2.45, 2.75) is 0 Å². The topological polar surface area (TPSA) is 50.2 Å². The van der Waals surface area contributed by atoms with Gasteiger partial charge in [-0.2, -0.15) is 0 Å². The minimum atomic E-state index is -1.04. The number of carbonyl (C=O) groups is 1. The van der Waals surface area contributed by atoms with Crippen LogP contribution in [0.5, 0.6) is 0 Å². The van der Waals surface area contributed by atoms with E-state index in [0.29, 0.717) is 10.7 Å². The quantitative estimate of drug-likeness (QED) is 0.765. The molecule has 0 aliphatic carbocycles. The van der Waals surface area contributed by atoms with Crippen molar-refractivity contribution in [2.75, 3.05) is 0 Å². The molecule has 3 rings (SSSR count). The van der Waals surface area contributed by atoms with Crippen molar-refractivity contribution in [3.05, 3.63) is 65.3 Å². The lowest BCUT2D eigenvalue weighted by Crippen LogP contribution is -2.01. The third kappa shape index (κ3) is 2.24. The summed E-state index contributed by atoms with van der Waals surface area (Å²) in [6.07, 6.45) is 0. The predicted molar refractivity (Wildman–Crippen MR) is 79.1 cm³/mol. The fraction of sp³-hybridized carbons (Fsp3) is 0. The van der Waals surface area contributed by atoms with E-state index < -0.39 is 5.97 Å². The van der Waals surface area contributed by atoms with E-state index in [1.165, 1.54) is 0 Å². The van der Waals surface area contributed by atoms with Crippen LogP contribution in [0.1, 0.15) is 10.5 Å². The SMILES string of the molecule is O=C(O)c1cc2ccccc2c(-c2cccc(Cl)c2)n1. The van der Waals surface area contributed by atoms with Gasteiger partial charge >= 0.3 is 5.97 Å². The molecule has 1 aromatic heterocycles. The largest absolute Gasteiger partial charge is 0.477 e. The molecule has 2 aromatic carbocycles. The molecule has 0 saturated carbocycles. The second-order valence-corrected chi connectivity index (χ2v) is 4.83. The van der Waals surface area contributed by atoms with Gasteiger partial charge in [0.1, 0.15) is 5.69 Å². The van der Waals surface area contributed by atoms with Crippen molar-refractivity contribution < 1.29 is 9.90 Å². The third-order valence-corrected chi connectivity index (χ3v) is 3.29. The Balaban J connectivity index is 2.35. The Kier molecular flexibility index (Phi) is 3.12. The molecule has 1 heterocycles. The smallest absolute Gasteiger partial charge is 0.354 e. The van der Waals surface area contributed by atoms with Gasteiger partial charge in [0.15, 0.2) is 0 Å². The van der Waals surface area contributed by atoms with Crippen LogP contribution < -0.4 is 0 Å². The molecule has 0 radical (unpaired) electrons. The lowest BCUT2D eigenvalue weighted by molar-refractivity contribution is 0.0691. The van der Waals surface area contributed by atoms with Crippen molar-refractivity contribution in [1.82, 2.24) is 4.98 Å². The number of benzene rings is 2. The molecule has 3 nitrogen and oxygen atoms in total. The molecular weight excluding hydrogens is 274 g/mol. The van der Waals surface area contributed by atoms with Gasteiger partial charge in [0.25, 0.3) is 0 Å². The normalized spacial score (nSPS) is 10.7. The van der Waals surface area contributed by atoms with Gasteiger partial charge in [-0.1, -0.05) is 48.0 Å². The highest BCUT2D eigenvalue weighted by atomic mass is 35.5. The van der Waals surface area contributed by atoms with Gasteiger partial charge in [-0.3, -0.25) is 0 Å². The molecule has 20 heavy (non-hydrogen) atoms. The van der Waals surface area contributed by atoms with E-state index in [1.807, 2.05) is 36.4 Å². The molecule has 0 atom stereocenters. The molecule has 0 bridgehead atoms. The maximum Gasteiger partial charge on any atom is 0.354 e. The number of carboxylic acids is 1. The number of aromatic carboxylic acids is 1. The zero-order chi connectivity index (χ0) is 14.1. The summed E-state index contributed by atoms with van der Waals surface area (Å²) in [5.41, 5.74) is 1.46. The number of pyridine rings is 1. The van der Waals surface area contributed by atoms with Gasteiger partial charge in [-0.15, -0.1) is 0 Å². The summed E-state index contributed by atoms with van der Waals surface area (Å²) in [6.45, 7) is 0. The lowest BCUT2D eigenvalue weighted by atomic mass is 10.0. The molecule has 4 heteroatoms. The molecule has 98 valence electrons. The Bertz CT molecular complexity index is 814. The minimum Gasteiger partial charge on any atom is -0.477 e. The van der Waals surface area contributed by atoms with Crippen LogP contribution in [0.15, 0.2) is 54.6 Å². The molecule has 0 aliphatic heterocycles. The fourth-order valence-electron chi connectivity index (χ4n) is 2.16. The number of carboxylic acid groups (broad SMARTS) is 1. The second kappa shape index (κ2) is 4.94. The first-order valence-electron chi connectivity index (χ1n) is 6.04. The second-order valence-electron chi connectivity index (χ2n) is 4.39. The summed E-state index contributed by atoms with van der Waals surface area (Å²) in [7, 11) is 0. The van der Waals surface area contributed by atoms with E-state index in [0.717, 1.165) is 16.3 Å². The number of hydrogen-bond donors (Lipinski definition) is 1. The maximum absolute atomic E-state index is 11.2. The van der Waals surface area contributed by atoms with Gasteiger partial charge in [0.05, 0.1) is 5.69 Å². The van der Waals surface area contributed by atoms with Gasteiger partial charge in [0.2, 0.25) is 0 Å². The summed E-state index contributed by atoms with van der Waals surface area (Å²) in [5.74, 6) is -1.04. The van der Waals surface area contributed by atoms with Crippen molar-refractivity contribution in [1.29, 1.82) is 0 Å². The predicted octanol–water partition coefficient (Wildman–Crippen LogP) is 4.25. The lowest BCUT2D eigenvalue weighted by Gasteiger charge is -2.08. The number of fused-ring (bicyclic) bond motifs is 1. The zero-order valence-corrected chi connectivity index (χ0v) is 11.1. The van der Waals surface area contributed by atoms with Crippen LogP contribution in [-0.2, 0) is 0 Å².